The van der Waals surface area contributed by atoms with Gasteiger partial charge < -0.3 is 10.6 Å². The van der Waals surface area contributed by atoms with Crippen LogP contribution in [0.2, 0.25) is 10.0 Å². The van der Waals surface area contributed by atoms with Gasteiger partial charge in [0.1, 0.15) is 0 Å². The Morgan fingerprint density at radius 1 is 1.04 bits per heavy atom. The summed E-state index contributed by atoms with van der Waals surface area (Å²) in [5.74, 6) is 0.688. The standard InChI is InChI=1S/C19H18Cl2N4S/c1-12-4-3-5-15(8-12)22-19(26)23-18-9-13(2)25(24-18)11-14-6-7-16(20)17(21)10-14/h3-10H,11H2,1-2H3,(H2,22,23,24,26). The third-order valence-electron chi connectivity index (χ3n) is 3.82. The molecule has 0 fully saturated rings. The lowest BCUT2D eigenvalue weighted by molar-refractivity contribution is 0.668. The normalized spacial score (nSPS) is 10.6. The minimum atomic E-state index is 0.495. The number of nitrogens with zero attached hydrogens (tertiary/aromatic N) is 2. The van der Waals surface area contributed by atoms with Gasteiger partial charge in [-0.05, 0) is 61.5 Å². The summed E-state index contributed by atoms with van der Waals surface area (Å²) in [4.78, 5) is 0. The number of hydrogen-bond donors (Lipinski definition) is 2. The van der Waals surface area contributed by atoms with Crippen molar-refractivity contribution in [1.29, 1.82) is 0 Å². The van der Waals surface area contributed by atoms with Crippen molar-refractivity contribution in [2.24, 2.45) is 0 Å². The number of hydrogen-bond acceptors (Lipinski definition) is 2. The predicted octanol–water partition coefficient (Wildman–Crippen LogP) is 5.66. The Balaban J connectivity index is 1.67. The second-order valence-corrected chi connectivity index (χ2v) is 7.25. The minimum absolute atomic E-state index is 0.495. The van der Waals surface area contributed by atoms with Crippen molar-refractivity contribution in [3.8, 4) is 0 Å². The summed E-state index contributed by atoms with van der Waals surface area (Å²) in [6.45, 7) is 4.63. The van der Waals surface area contributed by atoms with E-state index in [0.717, 1.165) is 16.9 Å². The van der Waals surface area contributed by atoms with Crippen molar-refractivity contribution in [1.82, 2.24) is 9.78 Å². The maximum atomic E-state index is 6.08. The van der Waals surface area contributed by atoms with E-state index in [-0.39, 0.29) is 0 Å². The van der Waals surface area contributed by atoms with Crippen LogP contribution in [0.1, 0.15) is 16.8 Å². The molecule has 0 amide bonds. The number of anilines is 2. The number of aryl methyl sites for hydroxylation is 2. The summed E-state index contributed by atoms with van der Waals surface area (Å²) in [6.07, 6.45) is 0. The fourth-order valence-electron chi connectivity index (χ4n) is 2.54. The molecule has 0 atom stereocenters. The smallest absolute Gasteiger partial charge is 0.176 e. The van der Waals surface area contributed by atoms with Gasteiger partial charge in [-0.2, -0.15) is 5.10 Å². The highest BCUT2D eigenvalue weighted by molar-refractivity contribution is 7.80. The van der Waals surface area contributed by atoms with Crippen molar-refractivity contribution in [3.05, 3.63) is 75.4 Å². The van der Waals surface area contributed by atoms with E-state index in [1.807, 2.05) is 61.0 Å². The number of rotatable bonds is 4. The molecule has 0 bridgehead atoms. The summed E-state index contributed by atoms with van der Waals surface area (Å²) in [5.41, 5.74) is 4.14. The summed E-state index contributed by atoms with van der Waals surface area (Å²) < 4.78 is 1.89. The Hall–Kier alpha value is -2.08. The van der Waals surface area contributed by atoms with Crippen molar-refractivity contribution >= 4 is 52.0 Å². The molecule has 0 spiro atoms. The van der Waals surface area contributed by atoms with Gasteiger partial charge >= 0.3 is 0 Å². The van der Waals surface area contributed by atoms with Crippen LogP contribution >= 0.6 is 35.4 Å². The maximum absolute atomic E-state index is 6.08. The molecule has 0 aliphatic rings. The van der Waals surface area contributed by atoms with Crippen LogP contribution < -0.4 is 10.6 Å². The summed E-state index contributed by atoms with van der Waals surface area (Å²) >= 11 is 17.4. The van der Waals surface area contributed by atoms with E-state index < -0.39 is 0 Å². The molecule has 0 aliphatic carbocycles. The van der Waals surface area contributed by atoms with Crippen LogP contribution in [-0.4, -0.2) is 14.9 Å². The summed E-state index contributed by atoms with van der Waals surface area (Å²) in [6, 6.07) is 15.5. The van der Waals surface area contributed by atoms with Crippen LogP contribution in [0.25, 0.3) is 0 Å². The molecule has 4 nitrogen and oxygen atoms in total. The Bertz CT molecular complexity index is 952. The molecule has 0 unspecified atom stereocenters. The first-order chi connectivity index (χ1) is 12.4. The van der Waals surface area contributed by atoms with Crippen LogP contribution in [-0.2, 0) is 6.54 Å². The van der Waals surface area contributed by atoms with Gasteiger partial charge in [0.05, 0.1) is 16.6 Å². The average molecular weight is 405 g/mol. The molecule has 134 valence electrons. The van der Waals surface area contributed by atoms with Gasteiger partial charge in [0.2, 0.25) is 0 Å². The van der Waals surface area contributed by atoms with E-state index in [4.69, 9.17) is 35.4 Å². The molecular formula is C19H18Cl2N4S. The fraction of sp³-hybridized carbons (Fsp3) is 0.158. The summed E-state index contributed by atoms with van der Waals surface area (Å²) in [5, 5.41) is 12.4. The molecule has 26 heavy (non-hydrogen) atoms. The van der Waals surface area contributed by atoms with Crippen LogP contribution in [0.5, 0.6) is 0 Å². The Morgan fingerprint density at radius 2 is 1.85 bits per heavy atom. The van der Waals surface area contributed by atoms with E-state index in [0.29, 0.717) is 27.5 Å². The van der Waals surface area contributed by atoms with Gasteiger partial charge in [-0.1, -0.05) is 41.4 Å². The molecule has 2 aromatic carbocycles. The molecule has 3 rings (SSSR count). The minimum Gasteiger partial charge on any atom is -0.332 e. The number of nitrogens with one attached hydrogen (secondary N) is 2. The highest BCUT2D eigenvalue weighted by Gasteiger charge is 2.08. The second-order valence-electron chi connectivity index (χ2n) is 6.03. The van der Waals surface area contributed by atoms with Gasteiger partial charge in [0.25, 0.3) is 0 Å². The predicted molar refractivity (Wildman–Crippen MR) is 114 cm³/mol. The lowest BCUT2D eigenvalue weighted by Crippen LogP contribution is -2.19. The Labute approximate surface area is 168 Å². The maximum Gasteiger partial charge on any atom is 0.176 e. The zero-order chi connectivity index (χ0) is 18.7. The van der Waals surface area contributed by atoms with E-state index >= 15 is 0 Å². The van der Waals surface area contributed by atoms with Crippen molar-refractivity contribution < 1.29 is 0 Å². The van der Waals surface area contributed by atoms with Gasteiger partial charge in [-0.15, -0.1) is 0 Å². The third kappa shape index (κ3) is 4.75. The van der Waals surface area contributed by atoms with Crippen LogP contribution in [0.4, 0.5) is 11.5 Å². The Morgan fingerprint density at radius 3 is 2.58 bits per heavy atom. The van der Waals surface area contributed by atoms with Crippen molar-refractivity contribution in [2.75, 3.05) is 10.6 Å². The number of thiocarbonyl (C=S) groups is 1. The highest BCUT2D eigenvalue weighted by Crippen LogP contribution is 2.23. The molecule has 7 heteroatoms. The lowest BCUT2D eigenvalue weighted by atomic mass is 10.2. The molecule has 0 aliphatic heterocycles. The average Bonchev–Trinajstić information content (AvgIpc) is 2.90. The first-order valence-corrected chi connectivity index (χ1v) is 9.20. The number of aromatic nitrogens is 2. The van der Waals surface area contributed by atoms with E-state index in [2.05, 4.69) is 15.7 Å². The molecule has 1 aromatic heterocycles. The molecule has 3 aromatic rings. The van der Waals surface area contributed by atoms with Gasteiger partial charge in [0.15, 0.2) is 10.9 Å². The lowest BCUT2D eigenvalue weighted by Gasteiger charge is -2.09. The monoisotopic (exact) mass is 404 g/mol. The number of benzene rings is 2. The second kappa shape index (κ2) is 8.08. The van der Waals surface area contributed by atoms with Gasteiger partial charge in [-0.25, -0.2) is 0 Å². The van der Waals surface area contributed by atoms with Crippen molar-refractivity contribution in [3.63, 3.8) is 0 Å². The van der Waals surface area contributed by atoms with E-state index in [1.165, 1.54) is 5.56 Å². The largest absolute Gasteiger partial charge is 0.332 e. The van der Waals surface area contributed by atoms with Crippen LogP contribution in [0.15, 0.2) is 48.5 Å². The van der Waals surface area contributed by atoms with E-state index in [1.54, 1.807) is 6.07 Å². The highest BCUT2D eigenvalue weighted by atomic mass is 35.5. The first-order valence-electron chi connectivity index (χ1n) is 8.04. The number of halogens is 2. The fourth-order valence-corrected chi connectivity index (χ4v) is 3.09. The van der Waals surface area contributed by atoms with Crippen LogP contribution in [0.3, 0.4) is 0 Å². The molecular weight excluding hydrogens is 387 g/mol. The third-order valence-corrected chi connectivity index (χ3v) is 4.76. The molecule has 2 N–H and O–H groups in total. The summed E-state index contributed by atoms with van der Waals surface area (Å²) in [7, 11) is 0. The first kappa shape index (κ1) is 18.7. The Kier molecular flexibility index (Phi) is 5.81. The molecule has 0 saturated heterocycles. The van der Waals surface area contributed by atoms with Gasteiger partial charge in [-0.3, -0.25) is 4.68 Å². The van der Waals surface area contributed by atoms with Crippen LogP contribution in [0, 0.1) is 13.8 Å². The molecule has 0 radical (unpaired) electrons. The zero-order valence-corrected chi connectivity index (χ0v) is 16.7. The van der Waals surface area contributed by atoms with Crippen molar-refractivity contribution in [2.45, 2.75) is 20.4 Å². The quantitative estimate of drug-likeness (QED) is 0.550. The molecule has 1 heterocycles. The SMILES string of the molecule is Cc1cccc(NC(=S)Nc2cc(C)n(Cc3ccc(Cl)c(Cl)c3)n2)c1. The zero-order valence-electron chi connectivity index (χ0n) is 14.4. The van der Waals surface area contributed by atoms with Gasteiger partial charge in [0, 0.05) is 17.4 Å². The topological polar surface area (TPSA) is 41.9 Å². The molecule has 0 saturated carbocycles. The van der Waals surface area contributed by atoms with E-state index in [9.17, 15) is 0 Å².